The number of nitrogens with one attached hydrogen (secondary N) is 1. The lowest BCUT2D eigenvalue weighted by atomic mass is 10.1. The molecule has 3 rings (SSSR count). The third-order valence-corrected chi connectivity index (χ3v) is 4.78. The highest BCUT2D eigenvalue weighted by Crippen LogP contribution is 2.21. The molecule has 6 nitrogen and oxygen atoms in total. The fourth-order valence-corrected chi connectivity index (χ4v) is 3.35. The van der Waals surface area contributed by atoms with Gasteiger partial charge >= 0.3 is 0 Å². The van der Waals surface area contributed by atoms with Crippen molar-refractivity contribution in [2.24, 2.45) is 7.05 Å². The Morgan fingerprint density at radius 3 is 2.96 bits per heavy atom. The summed E-state index contributed by atoms with van der Waals surface area (Å²) in [6.45, 7) is 2.69. The number of aromatic nitrogens is 2. The van der Waals surface area contributed by atoms with Gasteiger partial charge in [0.1, 0.15) is 0 Å². The van der Waals surface area contributed by atoms with Crippen molar-refractivity contribution in [2.75, 3.05) is 32.1 Å². The molecule has 1 saturated heterocycles. The maximum Gasteiger partial charge on any atom is 0.254 e. The number of hydrogen-bond donors (Lipinski definition) is 1. The Hall–Kier alpha value is -2.34. The fraction of sp³-hybridized carbons (Fsp3) is 0.474. The SMILES string of the molecule is CN(C)c1cccc(CN2CCCC2CNC(=O)c2cnn(C)c2)c1. The lowest BCUT2D eigenvalue weighted by Crippen LogP contribution is -2.39. The van der Waals surface area contributed by atoms with Crippen LogP contribution in [0.5, 0.6) is 0 Å². The molecule has 0 aliphatic carbocycles. The molecule has 2 heterocycles. The number of carbonyl (C=O) groups is 1. The molecule has 1 amide bonds. The van der Waals surface area contributed by atoms with Crippen LogP contribution in [-0.4, -0.2) is 53.8 Å². The van der Waals surface area contributed by atoms with E-state index in [1.54, 1.807) is 17.1 Å². The van der Waals surface area contributed by atoms with E-state index in [4.69, 9.17) is 0 Å². The minimum absolute atomic E-state index is 0.0467. The maximum absolute atomic E-state index is 12.2. The van der Waals surface area contributed by atoms with Crippen LogP contribution in [0.1, 0.15) is 28.8 Å². The Labute approximate surface area is 149 Å². The molecule has 6 heteroatoms. The van der Waals surface area contributed by atoms with Crippen LogP contribution in [0.15, 0.2) is 36.7 Å². The van der Waals surface area contributed by atoms with E-state index >= 15 is 0 Å². The summed E-state index contributed by atoms with van der Waals surface area (Å²) in [7, 11) is 5.94. The molecule has 1 aromatic carbocycles. The summed E-state index contributed by atoms with van der Waals surface area (Å²) in [4.78, 5) is 16.8. The predicted octanol–water partition coefficient (Wildman–Crippen LogP) is 1.88. The molecule has 25 heavy (non-hydrogen) atoms. The van der Waals surface area contributed by atoms with Gasteiger partial charge < -0.3 is 10.2 Å². The van der Waals surface area contributed by atoms with Gasteiger partial charge in [-0.25, -0.2) is 0 Å². The summed E-state index contributed by atoms with van der Waals surface area (Å²) in [6, 6.07) is 9.04. The second kappa shape index (κ2) is 7.70. The summed E-state index contributed by atoms with van der Waals surface area (Å²) < 4.78 is 1.65. The minimum atomic E-state index is -0.0467. The third-order valence-electron chi connectivity index (χ3n) is 4.78. The molecule has 134 valence electrons. The lowest BCUT2D eigenvalue weighted by Gasteiger charge is -2.25. The van der Waals surface area contributed by atoms with Crippen molar-refractivity contribution < 1.29 is 4.79 Å². The molecule has 1 aliphatic heterocycles. The Kier molecular flexibility index (Phi) is 5.38. The van der Waals surface area contributed by atoms with Gasteiger partial charge in [0.05, 0.1) is 11.8 Å². The van der Waals surface area contributed by atoms with Gasteiger partial charge in [-0.15, -0.1) is 0 Å². The van der Waals surface area contributed by atoms with E-state index in [1.807, 2.05) is 7.05 Å². The van der Waals surface area contributed by atoms with E-state index in [-0.39, 0.29) is 5.91 Å². The van der Waals surface area contributed by atoms with Gasteiger partial charge in [-0.3, -0.25) is 14.4 Å². The van der Waals surface area contributed by atoms with Crippen LogP contribution in [0.4, 0.5) is 5.69 Å². The second-order valence-corrected chi connectivity index (χ2v) is 6.94. The largest absolute Gasteiger partial charge is 0.378 e. The van der Waals surface area contributed by atoms with Crippen LogP contribution in [0.25, 0.3) is 0 Å². The van der Waals surface area contributed by atoms with Crippen LogP contribution in [-0.2, 0) is 13.6 Å². The quantitative estimate of drug-likeness (QED) is 0.872. The van der Waals surface area contributed by atoms with E-state index < -0.39 is 0 Å². The number of anilines is 1. The highest BCUT2D eigenvalue weighted by Gasteiger charge is 2.25. The van der Waals surface area contributed by atoms with Gasteiger partial charge in [0.2, 0.25) is 0 Å². The van der Waals surface area contributed by atoms with E-state index in [2.05, 4.69) is 58.6 Å². The summed E-state index contributed by atoms with van der Waals surface area (Å²) in [6.07, 6.45) is 5.66. The van der Waals surface area contributed by atoms with Crippen LogP contribution in [0.2, 0.25) is 0 Å². The number of aryl methyl sites for hydroxylation is 1. The summed E-state index contributed by atoms with van der Waals surface area (Å²) in [5.74, 6) is -0.0467. The van der Waals surface area contributed by atoms with Gasteiger partial charge in [-0.1, -0.05) is 12.1 Å². The van der Waals surface area contributed by atoms with Crippen molar-refractivity contribution in [3.8, 4) is 0 Å². The normalized spacial score (nSPS) is 17.6. The number of rotatable bonds is 6. The molecule has 1 fully saturated rings. The first-order valence-electron chi connectivity index (χ1n) is 8.80. The van der Waals surface area contributed by atoms with Gasteiger partial charge in [-0.2, -0.15) is 5.10 Å². The van der Waals surface area contributed by atoms with E-state index in [0.29, 0.717) is 18.2 Å². The zero-order valence-electron chi connectivity index (χ0n) is 15.3. The van der Waals surface area contributed by atoms with E-state index in [1.165, 1.54) is 17.7 Å². The maximum atomic E-state index is 12.2. The number of benzene rings is 1. The Morgan fingerprint density at radius 1 is 1.40 bits per heavy atom. The summed E-state index contributed by atoms with van der Waals surface area (Å²) >= 11 is 0. The molecule has 0 saturated carbocycles. The van der Waals surface area contributed by atoms with Gasteiger partial charge in [0.25, 0.3) is 5.91 Å². The summed E-state index contributed by atoms with van der Waals surface area (Å²) in [5.41, 5.74) is 3.15. The molecule has 1 atom stereocenters. The topological polar surface area (TPSA) is 53.4 Å². The van der Waals surface area contributed by atoms with Gasteiger partial charge in [-0.05, 0) is 37.1 Å². The number of nitrogens with zero attached hydrogens (tertiary/aromatic N) is 4. The molecule has 1 aliphatic rings. The first-order chi connectivity index (χ1) is 12.0. The molecule has 0 radical (unpaired) electrons. The van der Waals surface area contributed by atoms with Crippen LogP contribution in [0, 0.1) is 0 Å². The highest BCUT2D eigenvalue weighted by molar-refractivity contribution is 5.93. The fourth-order valence-electron chi connectivity index (χ4n) is 3.35. The molecule has 0 spiro atoms. The Bertz CT molecular complexity index is 724. The predicted molar refractivity (Wildman–Crippen MR) is 99.7 cm³/mol. The highest BCUT2D eigenvalue weighted by atomic mass is 16.1. The van der Waals surface area contributed by atoms with Crippen LogP contribution >= 0.6 is 0 Å². The van der Waals surface area contributed by atoms with Crippen molar-refractivity contribution >= 4 is 11.6 Å². The lowest BCUT2D eigenvalue weighted by molar-refractivity contribution is 0.0939. The van der Waals surface area contributed by atoms with E-state index in [0.717, 1.165) is 19.5 Å². The number of likely N-dealkylation sites (tertiary alicyclic amines) is 1. The standard InChI is InChI=1S/C19H27N5O/c1-22(2)17-7-4-6-15(10-17)13-24-9-5-8-18(24)12-20-19(25)16-11-21-23(3)14-16/h4,6-7,10-11,14,18H,5,8-9,12-13H2,1-3H3,(H,20,25). The molecule has 1 aromatic heterocycles. The van der Waals surface area contributed by atoms with Crippen molar-refractivity contribution in [1.82, 2.24) is 20.0 Å². The molecular weight excluding hydrogens is 314 g/mol. The molecule has 1 N–H and O–H groups in total. The zero-order chi connectivity index (χ0) is 17.8. The van der Waals surface area contributed by atoms with Crippen molar-refractivity contribution in [3.05, 3.63) is 47.8 Å². The van der Waals surface area contributed by atoms with Gasteiger partial charge in [0, 0.05) is 52.2 Å². The molecular formula is C19H27N5O. The van der Waals surface area contributed by atoms with Crippen LogP contribution < -0.4 is 10.2 Å². The van der Waals surface area contributed by atoms with Gasteiger partial charge in [0.15, 0.2) is 0 Å². The van der Waals surface area contributed by atoms with Crippen molar-refractivity contribution in [1.29, 1.82) is 0 Å². The Balaban J connectivity index is 1.57. The number of carbonyl (C=O) groups excluding carboxylic acids is 1. The second-order valence-electron chi connectivity index (χ2n) is 6.94. The molecule has 1 unspecified atom stereocenters. The summed E-state index contributed by atoms with van der Waals surface area (Å²) in [5, 5.41) is 7.11. The first kappa shape index (κ1) is 17.5. The van der Waals surface area contributed by atoms with Crippen molar-refractivity contribution in [3.63, 3.8) is 0 Å². The molecule has 0 bridgehead atoms. The van der Waals surface area contributed by atoms with E-state index in [9.17, 15) is 4.79 Å². The monoisotopic (exact) mass is 341 g/mol. The minimum Gasteiger partial charge on any atom is -0.378 e. The Morgan fingerprint density at radius 2 is 2.24 bits per heavy atom. The van der Waals surface area contributed by atoms with Crippen LogP contribution in [0.3, 0.4) is 0 Å². The smallest absolute Gasteiger partial charge is 0.254 e. The third kappa shape index (κ3) is 4.39. The first-order valence-corrected chi connectivity index (χ1v) is 8.80. The van der Waals surface area contributed by atoms with Crippen molar-refractivity contribution in [2.45, 2.75) is 25.4 Å². The average Bonchev–Trinajstić information content (AvgIpc) is 3.22. The average molecular weight is 341 g/mol. The molecule has 2 aromatic rings. The zero-order valence-corrected chi connectivity index (χ0v) is 15.3. The number of hydrogen-bond acceptors (Lipinski definition) is 4. The number of amides is 1.